The molecule has 0 unspecified atom stereocenters. The Bertz CT molecular complexity index is 642. The smallest absolute Gasteiger partial charge is 0.243 e. The van der Waals surface area contributed by atoms with Crippen molar-refractivity contribution in [2.24, 2.45) is 5.73 Å². The number of hydrogen-bond donors (Lipinski definition) is 2. The van der Waals surface area contributed by atoms with E-state index in [2.05, 4.69) is 11.8 Å². The molecule has 114 valence electrons. The summed E-state index contributed by atoms with van der Waals surface area (Å²) < 4.78 is 26.9. The minimum Gasteiger partial charge on any atom is -0.395 e. The van der Waals surface area contributed by atoms with Crippen molar-refractivity contribution in [2.75, 3.05) is 19.7 Å². The van der Waals surface area contributed by atoms with Crippen molar-refractivity contribution in [3.63, 3.8) is 0 Å². The maximum absolute atomic E-state index is 12.7. The van der Waals surface area contributed by atoms with E-state index in [1.807, 2.05) is 0 Å². The van der Waals surface area contributed by atoms with Gasteiger partial charge >= 0.3 is 0 Å². The van der Waals surface area contributed by atoms with E-state index in [4.69, 9.17) is 10.8 Å². The summed E-state index contributed by atoms with van der Waals surface area (Å²) in [5, 5.41) is 9.14. The van der Waals surface area contributed by atoms with Crippen molar-refractivity contribution in [1.29, 1.82) is 0 Å². The average Bonchev–Trinajstić information content (AvgIpc) is 2.43. The molecule has 0 aliphatic heterocycles. The van der Waals surface area contributed by atoms with E-state index in [0.29, 0.717) is 5.56 Å². The molecule has 0 heterocycles. The molecule has 0 bridgehead atoms. The zero-order valence-electron chi connectivity index (χ0n) is 11.8. The molecule has 21 heavy (non-hydrogen) atoms. The zero-order valence-corrected chi connectivity index (χ0v) is 12.6. The van der Waals surface area contributed by atoms with Gasteiger partial charge in [0.25, 0.3) is 0 Å². The second kappa shape index (κ2) is 7.05. The Balaban J connectivity index is 2.32. The first-order chi connectivity index (χ1) is 10.1. The van der Waals surface area contributed by atoms with E-state index < -0.39 is 10.0 Å². The number of nitrogens with two attached hydrogens (primary N) is 1. The van der Waals surface area contributed by atoms with Crippen molar-refractivity contribution in [1.82, 2.24) is 4.31 Å². The first kappa shape index (κ1) is 16.0. The zero-order chi connectivity index (χ0) is 15.3. The number of benzene rings is 1. The van der Waals surface area contributed by atoms with E-state index in [0.717, 1.165) is 19.3 Å². The van der Waals surface area contributed by atoms with Gasteiger partial charge in [0, 0.05) is 18.2 Å². The van der Waals surface area contributed by atoms with Crippen LogP contribution in [0.25, 0.3) is 0 Å². The number of aliphatic hydroxyl groups is 1. The lowest BCUT2D eigenvalue weighted by Gasteiger charge is -2.36. The van der Waals surface area contributed by atoms with Gasteiger partial charge in [0.2, 0.25) is 10.0 Å². The Morgan fingerprint density at radius 1 is 1.38 bits per heavy atom. The van der Waals surface area contributed by atoms with E-state index in [-0.39, 0.29) is 30.6 Å². The quantitative estimate of drug-likeness (QED) is 0.777. The third-order valence-corrected chi connectivity index (χ3v) is 5.53. The van der Waals surface area contributed by atoms with E-state index >= 15 is 0 Å². The molecule has 1 aliphatic rings. The molecule has 0 spiro atoms. The van der Waals surface area contributed by atoms with E-state index in [1.54, 1.807) is 24.3 Å². The largest absolute Gasteiger partial charge is 0.395 e. The van der Waals surface area contributed by atoms with Crippen LogP contribution in [-0.2, 0) is 10.0 Å². The molecule has 2 rings (SSSR count). The lowest BCUT2D eigenvalue weighted by atomic mass is 9.93. The normalized spacial score (nSPS) is 15.4. The highest BCUT2D eigenvalue weighted by Crippen LogP contribution is 2.29. The summed E-state index contributed by atoms with van der Waals surface area (Å²) in [7, 11) is -3.60. The van der Waals surface area contributed by atoms with Crippen LogP contribution < -0.4 is 5.73 Å². The molecule has 0 aromatic heterocycles. The molecule has 0 saturated heterocycles. The summed E-state index contributed by atoms with van der Waals surface area (Å²) >= 11 is 0. The molecule has 1 aromatic carbocycles. The highest BCUT2D eigenvalue weighted by molar-refractivity contribution is 7.89. The first-order valence-corrected chi connectivity index (χ1v) is 8.45. The van der Waals surface area contributed by atoms with Crippen molar-refractivity contribution in [2.45, 2.75) is 30.2 Å². The van der Waals surface area contributed by atoms with Gasteiger partial charge < -0.3 is 10.8 Å². The molecule has 0 atom stereocenters. The Morgan fingerprint density at radius 2 is 2.14 bits per heavy atom. The molecule has 1 saturated carbocycles. The predicted octanol–water partition coefficient (Wildman–Crippen LogP) is 0.532. The minimum absolute atomic E-state index is 0.000863. The van der Waals surface area contributed by atoms with Gasteiger partial charge in [-0.3, -0.25) is 0 Å². The van der Waals surface area contributed by atoms with Crippen molar-refractivity contribution in [3.05, 3.63) is 29.8 Å². The van der Waals surface area contributed by atoms with Gasteiger partial charge in [-0.1, -0.05) is 24.3 Å². The van der Waals surface area contributed by atoms with Crippen LogP contribution in [0.3, 0.4) is 0 Å². The molecule has 1 aliphatic carbocycles. The third kappa shape index (κ3) is 3.63. The van der Waals surface area contributed by atoms with Crippen LogP contribution in [0.1, 0.15) is 24.8 Å². The summed E-state index contributed by atoms with van der Waals surface area (Å²) in [5.74, 6) is 5.55. The summed E-state index contributed by atoms with van der Waals surface area (Å²) in [6.07, 6.45) is 2.74. The van der Waals surface area contributed by atoms with Gasteiger partial charge in [0.1, 0.15) is 0 Å². The average molecular weight is 308 g/mol. The first-order valence-electron chi connectivity index (χ1n) is 7.01. The highest BCUT2D eigenvalue weighted by atomic mass is 32.2. The van der Waals surface area contributed by atoms with Gasteiger partial charge in [0.05, 0.1) is 18.0 Å². The van der Waals surface area contributed by atoms with Crippen molar-refractivity contribution < 1.29 is 13.5 Å². The SMILES string of the molecule is NCC#Cc1cccc(S(=O)(=O)N(CCO)C2CCC2)c1. The molecular weight excluding hydrogens is 288 g/mol. The van der Waals surface area contributed by atoms with Crippen molar-refractivity contribution in [3.8, 4) is 11.8 Å². The molecule has 1 fully saturated rings. The Morgan fingerprint density at radius 3 is 2.71 bits per heavy atom. The monoisotopic (exact) mass is 308 g/mol. The molecule has 3 N–H and O–H groups in total. The van der Waals surface area contributed by atoms with E-state index in [9.17, 15) is 8.42 Å². The molecule has 0 radical (unpaired) electrons. The number of aliphatic hydroxyl groups excluding tert-OH is 1. The molecule has 0 amide bonds. The van der Waals surface area contributed by atoms with Crippen molar-refractivity contribution >= 4 is 10.0 Å². The van der Waals surface area contributed by atoms with Gasteiger partial charge in [-0.2, -0.15) is 4.31 Å². The highest BCUT2D eigenvalue weighted by Gasteiger charge is 2.34. The van der Waals surface area contributed by atoms with Gasteiger partial charge in [-0.15, -0.1) is 0 Å². The molecule has 6 heteroatoms. The van der Waals surface area contributed by atoms with Crippen LogP contribution >= 0.6 is 0 Å². The van der Waals surface area contributed by atoms with Gasteiger partial charge in [-0.25, -0.2) is 8.42 Å². The number of rotatable bonds is 5. The van der Waals surface area contributed by atoms with Crippen LogP contribution in [0.5, 0.6) is 0 Å². The fourth-order valence-corrected chi connectivity index (χ4v) is 4.02. The maximum Gasteiger partial charge on any atom is 0.243 e. The van der Waals surface area contributed by atoms with Crippen LogP contribution in [0.2, 0.25) is 0 Å². The molecule has 5 nitrogen and oxygen atoms in total. The maximum atomic E-state index is 12.7. The van der Waals surface area contributed by atoms with Crippen LogP contribution in [0.15, 0.2) is 29.2 Å². The Kier molecular flexibility index (Phi) is 5.37. The van der Waals surface area contributed by atoms with E-state index in [1.165, 1.54) is 4.31 Å². The number of hydrogen-bond acceptors (Lipinski definition) is 4. The Hall–Kier alpha value is -1.39. The standard InChI is InChI=1S/C15H20N2O3S/c16-9-3-5-13-4-1-8-15(12-13)21(19,20)17(10-11-18)14-6-2-7-14/h1,4,8,12,14,18H,2,6-7,9-11,16H2. The predicted molar refractivity (Wildman–Crippen MR) is 81.0 cm³/mol. The van der Waals surface area contributed by atoms with Gasteiger partial charge in [0.15, 0.2) is 0 Å². The lowest BCUT2D eigenvalue weighted by Crippen LogP contribution is -2.45. The number of nitrogens with zero attached hydrogens (tertiary/aromatic N) is 1. The fraction of sp³-hybridized carbons (Fsp3) is 0.467. The van der Waals surface area contributed by atoms with Crippen LogP contribution in [-0.4, -0.2) is 43.6 Å². The Labute approximate surface area is 125 Å². The van der Waals surface area contributed by atoms with Crippen LogP contribution in [0, 0.1) is 11.8 Å². The minimum atomic E-state index is -3.60. The topological polar surface area (TPSA) is 83.6 Å². The number of sulfonamides is 1. The molecular formula is C15H20N2O3S. The summed E-state index contributed by atoms with van der Waals surface area (Å²) in [5.41, 5.74) is 5.95. The third-order valence-electron chi connectivity index (χ3n) is 3.58. The fourth-order valence-electron chi connectivity index (χ4n) is 2.30. The van der Waals surface area contributed by atoms with Gasteiger partial charge in [-0.05, 0) is 31.0 Å². The summed E-state index contributed by atoms with van der Waals surface area (Å²) in [4.78, 5) is 0.215. The lowest BCUT2D eigenvalue weighted by molar-refractivity contribution is 0.178. The molecule has 1 aromatic rings. The second-order valence-corrected chi connectivity index (χ2v) is 6.85. The summed E-state index contributed by atoms with van der Waals surface area (Å²) in [6, 6.07) is 6.54. The second-order valence-electron chi connectivity index (χ2n) is 4.96. The van der Waals surface area contributed by atoms with Crippen LogP contribution in [0.4, 0.5) is 0 Å². The summed E-state index contributed by atoms with van der Waals surface area (Å²) in [6.45, 7) is 0.184.